The average Bonchev–Trinajstić information content (AvgIpc) is 2.36. The number of likely N-dealkylation sites (N-methyl/N-ethyl adjacent to an activating group) is 1. The molecule has 1 aromatic carbocycles. The van der Waals surface area contributed by atoms with Gasteiger partial charge in [-0.3, -0.25) is 9.59 Å². The van der Waals surface area contributed by atoms with Crippen molar-refractivity contribution in [1.82, 2.24) is 4.90 Å². The Morgan fingerprint density at radius 1 is 1.28 bits per heavy atom. The van der Waals surface area contributed by atoms with Gasteiger partial charge in [0.1, 0.15) is 5.75 Å². The van der Waals surface area contributed by atoms with Crippen molar-refractivity contribution in [2.45, 2.75) is 12.3 Å². The second kappa shape index (κ2) is 6.05. The summed E-state index contributed by atoms with van der Waals surface area (Å²) in [5.41, 5.74) is 0.678. The minimum absolute atomic E-state index is 0.0156. The summed E-state index contributed by atoms with van der Waals surface area (Å²) in [6.45, 7) is 0. The summed E-state index contributed by atoms with van der Waals surface area (Å²) in [6, 6.07) is 6.24. The number of methoxy groups -OCH3 is 1. The van der Waals surface area contributed by atoms with Crippen molar-refractivity contribution in [3.8, 4) is 5.75 Å². The van der Waals surface area contributed by atoms with Crippen molar-refractivity contribution in [2.24, 2.45) is 0 Å². The van der Waals surface area contributed by atoms with E-state index in [0.29, 0.717) is 5.56 Å². The summed E-state index contributed by atoms with van der Waals surface area (Å²) < 4.78 is 4.60. The lowest BCUT2D eigenvalue weighted by molar-refractivity contribution is -0.144. The molecule has 0 aromatic heterocycles. The van der Waals surface area contributed by atoms with Gasteiger partial charge in [0.25, 0.3) is 0 Å². The highest BCUT2D eigenvalue weighted by Gasteiger charge is 2.25. The molecule has 5 nitrogen and oxygen atoms in total. The highest BCUT2D eigenvalue weighted by Crippen LogP contribution is 2.24. The highest BCUT2D eigenvalue weighted by atomic mass is 16.5. The van der Waals surface area contributed by atoms with E-state index in [0.717, 1.165) is 0 Å². The van der Waals surface area contributed by atoms with E-state index in [9.17, 15) is 14.7 Å². The van der Waals surface area contributed by atoms with Gasteiger partial charge in [-0.25, -0.2) is 0 Å². The van der Waals surface area contributed by atoms with Crippen LogP contribution in [-0.4, -0.2) is 43.1 Å². The van der Waals surface area contributed by atoms with E-state index in [1.807, 2.05) is 0 Å². The quantitative estimate of drug-likeness (QED) is 0.814. The Kier molecular flexibility index (Phi) is 4.71. The van der Waals surface area contributed by atoms with Crippen LogP contribution < -0.4 is 0 Å². The molecule has 0 spiro atoms. The van der Waals surface area contributed by atoms with E-state index in [4.69, 9.17) is 0 Å². The third-order valence-corrected chi connectivity index (χ3v) is 2.63. The molecule has 1 rings (SSSR count). The second-order valence-corrected chi connectivity index (χ2v) is 4.16. The minimum Gasteiger partial charge on any atom is -0.508 e. The standard InChI is InChI=1S/C13H17NO4/c1-14(2)13(17)11(8-12(16)18-3)9-4-6-10(15)7-5-9/h4-7,11,15H,8H2,1-3H3/t11-/m0/s1. The molecule has 0 aliphatic carbocycles. The normalized spacial score (nSPS) is 11.7. The van der Waals surface area contributed by atoms with Gasteiger partial charge in [0.05, 0.1) is 19.4 Å². The number of nitrogens with zero attached hydrogens (tertiary/aromatic N) is 1. The van der Waals surface area contributed by atoms with Gasteiger partial charge in [0, 0.05) is 14.1 Å². The maximum atomic E-state index is 12.0. The number of carbonyl (C=O) groups is 2. The fourth-order valence-corrected chi connectivity index (χ4v) is 1.62. The second-order valence-electron chi connectivity index (χ2n) is 4.16. The van der Waals surface area contributed by atoms with Gasteiger partial charge in [-0.15, -0.1) is 0 Å². The summed E-state index contributed by atoms with van der Waals surface area (Å²) in [6.07, 6.45) is -0.0156. The molecule has 5 heteroatoms. The number of rotatable bonds is 4. The predicted octanol–water partition coefficient (Wildman–Crippen LogP) is 1.13. The number of esters is 1. The zero-order valence-corrected chi connectivity index (χ0v) is 10.7. The Morgan fingerprint density at radius 3 is 2.28 bits per heavy atom. The average molecular weight is 251 g/mol. The Labute approximate surface area is 106 Å². The maximum Gasteiger partial charge on any atom is 0.306 e. The van der Waals surface area contributed by atoms with Gasteiger partial charge < -0.3 is 14.7 Å². The van der Waals surface area contributed by atoms with E-state index >= 15 is 0 Å². The van der Waals surface area contributed by atoms with E-state index in [2.05, 4.69) is 4.74 Å². The summed E-state index contributed by atoms with van der Waals surface area (Å²) in [5, 5.41) is 9.23. The number of phenolic OH excluding ortho intramolecular Hbond substituents is 1. The summed E-state index contributed by atoms with van der Waals surface area (Å²) in [7, 11) is 4.55. The van der Waals surface area contributed by atoms with Gasteiger partial charge in [0.2, 0.25) is 5.91 Å². The van der Waals surface area contributed by atoms with E-state index < -0.39 is 11.9 Å². The molecule has 0 unspecified atom stereocenters. The third kappa shape index (κ3) is 3.48. The number of phenols is 1. The number of hydrogen-bond donors (Lipinski definition) is 1. The molecule has 0 aliphatic heterocycles. The molecule has 0 heterocycles. The number of amides is 1. The van der Waals surface area contributed by atoms with E-state index in [-0.39, 0.29) is 18.1 Å². The van der Waals surface area contributed by atoms with Crippen molar-refractivity contribution < 1.29 is 19.4 Å². The van der Waals surface area contributed by atoms with Crippen LogP contribution in [0.25, 0.3) is 0 Å². The Balaban J connectivity index is 3.00. The molecule has 0 aliphatic rings. The zero-order valence-electron chi connectivity index (χ0n) is 10.7. The largest absolute Gasteiger partial charge is 0.508 e. The number of hydrogen-bond acceptors (Lipinski definition) is 4. The lowest BCUT2D eigenvalue weighted by Gasteiger charge is -2.20. The maximum absolute atomic E-state index is 12.0. The molecule has 18 heavy (non-hydrogen) atoms. The van der Waals surface area contributed by atoms with Crippen molar-refractivity contribution in [1.29, 1.82) is 0 Å². The topological polar surface area (TPSA) is 66.8 Å². The molecule has 0 radical (unpaired) electrons. The SMILES string of the molecule is COC(=O)C[C@H](C(=O)N(C)C)c1ccc(O)cc1. The monoisotopic (exact) mass is 251 g/mol. The lowest BCUT2D eigenvalue weighted by atomic mass is 9.94. The minimum atomic E-state index is -0.590. The van der Waals surface area contributed by atoms with Crippen LogP contribution in [0.5, 0.6) is 5.75 Å². The summed E-state index contributed by atoms with van der Waals surface area (Å²) >= 11 is 0. The number of ether oxygens (including phenoxy) is 1. The van der Waals surface area contributed by atoms with Gasteiger partial charge in [-0.05, 0) is 17.7 Å². The molecular weight excluding hydrogens is 234 g/mol. The van der Waals surface area contributed by atoms with Gasteiger partial charge in [-0.2, -0.15) is 0 Å². The molecule has 0 saturated carbocycles. The van der Waals surface area contributed by atoms with Crippen LogP contribution in [0.3, 0.4) is 0 Å². The van der Waals surface area contributed by atoms with Crippen molar-refractivity contribution in [3.05, 3.63) is 29.8 Å². The Hall–Kier alpha value is -2.04. The zero-order chi connectivity index (χ0) is 13.7. The molecule has 1 amide bonds. The lowest BCUT2D eigenvalue weighted by Crippen LogP contribution is -2.30. The van der Waals surface area contributed by atoms with Crippen LogP contribution in [-0.2, 0) is 14.3 Å². The predicted molar refractivity (Wildman–Crippen MR) is 66.2 cm³/mol. The third-order valence-electron chi connectivity index (χ3n) is 2.63. The smallest absolute Gasteiger partial charge is 0.306 e. The van der Waals surface area contributed by atoms with Crippen LogP contribution in [0.4, 0.5) is 0 Å². The van der Waals surface area contributed by atoms with Gasteiger partial charge >= 0.3 is 5.97 Å². The molecule has 0 saturated heterocycles. The fourth-order valence-electron chi connectivity index (χ4n) is 1.62. The highest BCUT2D eigenvalue weighted by molar-refractivity contribution is 5.87. The number of carbonyl (C=O) groups excluding carboxylic acids is 2. The summed E-state index contributed by atoms with van der Waals surface area (Å²) in [4.78, 5) is 24.8. The van der Waals surface area contributed by atoms with Crippen LogP contribution in [0.15, 0.2) is 24.3 Å². The molecule has 98 valence electrons. The molecule has 1 aromatic rings. The Bertz CT molecular complexity index is 425. The first-order chi connectivity index (χ1) is 8.45. The molecule has 1 N–H and O–H groups in total. The first-order valence-electron chi connectivity index (χ1n) is 5.52. The Morgan fingerprint density at radius 2 is 1.83 bits per heavy atom. The molecule has 0 bridgehead atoms. The van der Waals surface area contributed by atoms with Gasteiger partial charge in [-0.1, -0.05) is 12.1 Å². The number of benzene rings is 1. The van der Waals surface area contributed by atoms with Crippen LogP contribution in [0.1, 0.15) is 17.9 Å². The molecular formula is C13H17NO4. The fraction of sp³-hybridized carbons (Fsp3) is 0.385. The van der Waals surface area contributed by atoms with Crippen molar-refractivity contribution in [3.63, 3.8) is 0 Å². The van der Waals surface area contributed by atoms with Gasteiger partial charge in [0.15, 0.2) is 0 Å². The molecule has 1 atom stereocenters. The first kappa shape index (κ1) is 14.0. The van der Waals surface area contributed by atoms with Crippen molar-refractivity contribution >= 4 is 11.9 Å². The van der Waals surface area contributed by atoms with Crippen LogP contribution in [0.2, 0.25) is 0 Å². The number of aromatic hydroxyl groups is 1. The van der Waals surface area contributed by atoms with Crippen LogP contribution in [0, 0.1) is 0 Å². The van der Waals surface area contributed by atoms with E-state index in [1.54, 1.807) is 26.2 Å². The van der Waals surface area contributed by atoms with E-state index in [1.165, 1.54) is 24.1 Å². The van der Waals surface area contributed by atoms with Crippen LogP contribution >= 0.6 is 0 Å². The first-order valence-corrected chi connectivity index (χ1v) is 5.52. The van der Waals surface area contributed by atoms with Crippen molar-refractivity contribution in [2.75, 3.05) is 21.2 Å². The molecule has 0 fully saturated rings. The summed E-state index contributed by atoms with van der Waals surface area (Å²) in [5.74, 6) is -1.09.